The highest BCUT2D eigenvalue weighted by atomic mass is 16.4. The summed E-state index contributed by atoms with van der Waals surface area (Å²) in [7, 11) is 0. The molecule has 0 saturated carbocycles. The number of urea groups is 1. The van der Waals surface area contributed by atoms with Gasteiger partial charge in [0.05, 0.1) is 6.42 Å². The monoisotopic (exact) mass is 279 g/mol. The summed E-state index contributed by atoms with van der Waals surface area (Å²) in [6.45, 7) is 1.89. The first-order valence-corrected chi connectivity index (χ1v) is 6.07. The van der Waals surface area contributed by atoms with Crippen LogP contribution in [0.25, 0.3) is 0 Å². The molecule has 0 radical (unpaired) electrons. The van der Waals surface area contributed by atoms with E-state index in [1.807, 2.05) is 0 Å². The Labute approximate surface area is 116 Å². The molecule has 1 rings (SSSR count). The number of likely N-dealkylation sites (N-methyl/N-ethyl adjacent to an activating group) is 1. The second-order valence-electron chi connectivity index (χ2n) is 4.18. The van der Waals surface area contributed by atoms with Crippen LogP contribution in [0, 0.1) is 0 Å². The van der Waals surface area contributed by atoms with Gasteiger partial charge in [-0.2, -0.15) is 0 Å². The van der Waals surface area contributed by atoms with E-state index < -0.39 is 17.9 Å². The van der Waals surface area contributed by atoms with Gasteiger partial charge in [0.25, 0.3) is 0 Å². The number of primary amides is 1. The molecular formula is C13H17N3O4. The standard InChI is InChI=1S/C13H17N3O4/c1-2-16(8-11(14)17)13(20)15-10-5-3-4-9(6-10)7-12(18)19/h3-6H,2,7-8H2,1H3,(H2,14,17)(H,15,20)(H,18,19). The summed E-state index contributed by atoms with van der Waals surface area (Å²) in [5, 5.41) is 11.3. The predicted octanol–water partition coefficient (Wildman–Crippen LogP) is 0.653. The van der Waals surface area contributed by atoms with Crippen LogP contribution in [0.1, 0.15) is 12.5 Å². The highest BCUT2D eigenvalue weighted by Crippen LogP contribution is 2.12. The molecule has 0 aliphatic rings. The van der Waals surface area contributed by atoms with Gasteiger partial charge in [-0.05, 0) is 24.6 Å². The first kappa shape index (κ1) is 15.5. The number of carboxylic acid groups (broad SMARTS) is 1. The molecule has 0 spiro atoms. The number of hydrogen-bond donors (Lipinski definition) is 3. The Balaban J connectivity index is 2.74. The summed E-state index contributed by atoms with van der Waals surface area (Å²) in [6, 6.07) is 6.06. The number of carbonyl (C=O) groups excluding carboxylic acids is 2. The van der Waals surface area contributed by atoms with Gasteiger partial charge in [-0.1, -0.05) is 12.1 Å². The molecule has 7 heteroatoms. The van der Waals surface area contributed by atoms with Gasteiger partial charge in [0.1, 0.15) is 6.54 Å². The molecule has 0 unspecified atom stereocenters. The van der Waals surface area contributed by atoms with Gasteiger partial charge in [0.2, 0.25) is 5.91 Å². The van der Waals surface area contributed by atoms with E-state index in [0.717, 1.165) is 0 Å². The Morgan fingerprint density at radius 3 is 2.60 bits per heavy atom. The third-order valence-electron chi connectivity index (χ3n) is 2.55. The van der Waals surface area contributed by atoms with Crippen molar-refractivity contribution in [2.75, 3.05) is 18.4 Å². The zero-order valence-corrected chi connectivity index (χ0v) is 11.1. The summed E-state index contributed by atoms with van der Waals surface area (Å²) in [5.41, 5.74) is 6.10. The number of rotatable bonds is 6. The molecule has 0 atom stereocenters. The van der Waals surface area contributed by atoms with Gasteiger partial charge in [-0.15, -0.1) is 0 Å². The van der Waals surface area contributed by atoms with Crippen molar-refractivity contribution in [2.24, 2.45) is 5.73 Å². The molecule has 0 aromatic heterocycles. The SMILES string of the molecule is CCN(CC(N)=O)C(=O)Nc1cccc(CC(=O)O)c1. The third-order valence-corrected chi connectivity index (χ3v) is 2.55. The largest absolute Gasteiger partial charge is 0.481 e. The average Bonchev–Trinajstić information content (AvgIpc) is 2.35. The normalized spacial score (nSPS) is 9.85. The first-order valence-electron chi connectivity index (χ1n) is 6.07. The molecule has 7 nitrogen and oxygen atoms in total. The van der Waals surface area contributed by atoms with Crippen LogP contribution in [0.5, 0.6) is 0 Å². The third kappa shape index (κ3) is 4.97. The Kier molecular flexibility index (Phi) is 5.52. The fourth-order valence-electron chi connectivity index (χ4n) is 1.65. The molecule has 108 valence electrons. The molecule has 0 aliphatic carbocycles. The lowest BCUT2D eigenvalue weighted by molar-refractivity contribution is -0.136. The summed E-state index contributed by atoms with van der Waals surface area (Å²) in [4.78, 5) is 34.6. The van der Waals surface area contributed by atoms with Crippen molar-refractivity contribution in [3.05, 3.63) is 29.8 Å². The molecule has 3 amide bonds. The van der Waals surface area contributed by atoms with Crippen molar-refractivity contribution in [3.63, 3.8) is 0 Å². The quantitative estimate of drug-likeness (QED) is 0.709. The van der Waals surface area contributed by atoms with E-state index in [9.17, 15) is 14.4 Å². The summed E-state index contributed by atoms with van der Waals surface area (Å²) in [6.07, 6.45) is -0.123. The minimum absolute atomic E-state index is 0.123. The number of nitrogens with one attached hydrogen (secondary N) is 1. The maximum atomic E-state index is 11.9. The van der Waals surface area contributed by atoms with Crippen LogP contribution < -0.4 is 11.1 Å². The topological polar surface area (TPSA) is 113 Å². The lowest BCUT2D eigenvalue weighted by Crippen LogP contribution is -2.40. The molecule has 20 heavy (non-hydrogen) atoms. The van der Waals surface area contributed by atoms with E-state index in [1.165, 1.54) is 4.90 Å². The van der Waals surface area contributed by atoms with Crippen LogP contribution in [-0.2, 0) is 16.0 Å². The van der Waals surface area contributed by atoms with E-state index in [1.54, 1.807) is 31.2 Å². The minimum atomic E-state index is -0.947. The Morgan fingerprint density at radius 1 is 1.35 bits per heavy atom. The van der Waals surface area contributed by atoms with Crippen molar-refractivity contribution in [2.45, 2.75) is 13.3 Å². The lowest BCUT2D eigenvalue weighted by atomic mass is 10.1. The Morgan fingerprint density at radius 2 is 2.05 bits per heavy atom. The molecule has 0 fully saturated rings. The number of anilines is 1. The second-order valence-corrected chi connectivity index (χ2v) is 4.18. The summed E-state index contributed by atoms with van der Waals surface area (Å²) in [5.74, 6) is -1.54. The molecule has 0 saturated heterocycles. The fourth-order valence-corrected chi connectivity index (χ4v) is 1.65. The average molecular weight is 279 g/mol. The number of nitrogens with zero attached hydrogens (tertiary/aromatic N) is 1. The number of nitrogens with two attached hydrogens (primary N) is 1. The van der Waals surface area contributed by atoms with Crippen molar-refractivity contribution >= 4 is 23.6 Å². The molecular weight excluding hydrogens is 262 g/mol. The van der Waals surface area contributed by atoms with Gasteiger partial charge in [0, 0.05) is 12.2 Å². The highest BCUT2D eigenvalue weighted by molar-refractivity contribution is 5.92. The van der Waals surface area contributed by atoms with Crippen LogP contribution in [0.15, 0.2) is 24.3 Å². The zero-order chi connectivity index (χ0) is 15.1. The van der Waals surface area contributed by atoms with Gasteiger partial charge in [0.15, 0.2) is 0 Å². The molecule has 1 aromatic rings. The van der Waals surface area contributed by atoms with E-state index in [4.69, 9.17) is 10.8 Å². The van der Waals surface area contributed by atoms with Crippen LogP contribution >= 0.6 is 0 Å². The van der Waals surface area contributed by atoms with E-state index in [-0.39, 0.29) is 13.0 Å². The van der Waals surface area contributed by atoms with Gasteiger partial charge in [-0.3, -0.25) is 9.59 Å². The second kappa shape index (κ2) is 7.13. The van der Waals surface area contributed by atoms with Gasteiger partial charge in [-0.25, -0.2) is 4.79 Å². The van der Waals surface area contributed by atoms with Crippen LogP contribution in [0.2, 0.25) is 0 Å². The summed E-state index contributed by atoms with van der Waals surface area (Å²) >= 11 is 0. The number of carbonyl (C=O) groups is 3. The number of carboxylic acids is 1. The lowest BCUT2D eigenvalue weighted by Gasteiger charge is -2.19. The summed E-state index contributed by atoms with van der Waals surface area (Å²) < 4.78 is 0. The van der Waals surface area contributed by atoms with Crippen molar-refractivity contribution < 1.29 is 19.5 Å². The fraction of sp³-hybridized carbons (Fsp3) is 0.308. The van der Waals surface area contributed by atoms with Gasteiger partial charge >= 0.3 is 12.0 Å². The first-order chi connectivity index (χ1) is 9.42. The maximum Gasteiger partial charge on any atom is 0.322 e. The Hall–Kier alpha value is -2.57. The number of aliphatic carboxylic acids is 1. The Bertz CT molecular complexity index is 516. The van der Waals surface area contributed by atoms with Crippen molar-refractivity contribution in [1.82, 2.24) is 4.90 Å². The van der Waals surface area contributed by atoms with Crippen LogP contribution in [0.4, 0.5) is 10.5 Å². The van der Waals surface area contributed by atoms with E-state index in [2.05, 4.69) is 5.32 Å². The maximum absolute atomic E-state index is 11.9. The van der Waals surface area contributed by atoms with Gasteiger partial charge < -0.3 is 21.1 Å². The zero-order valence-electron chi connectivity index (χ0n) is 11.1. The number of amides is 3. The molecule has 0 heterocycles. The van der Waals surface area contributed by atoms with Crippen LogP contribution in [-0.4, -0.2) is 41.0 Å². The molecule has 0 bridgehead atoms. The van der Waals surface area contributed by atoms with Crippen LogP contribution in [0.3, 0.4) is 0 Å². The number of hydrogen-bond acceptors (Lipinski definition) is 3. The molecule has 4 N–H and O–H groups in total. The molecule has 1 aromatic carbocycles. The smallest absolute Gasteiger partial charge is 0.322 e. The van der Waals surface area contributed by atoms with Crippen molar-refractivity contribution in [3.8, 4) is 0 Å². The van der Waals surface area contributed by atoms with Crippen molar-refractivity contribution in [1.29, 1.82) is 0 Å². The van der Waals surface area contributed by atoms with E-state index >= 15 is 0 Å². The molecule has 0 aliphatic heterocycles. The highest BCUT2D eigenvalue weighted by Gasteiger charge is 2.14. The predicted molar refractivity (Wildman–Crippen MR) is 73.2 cm³/mol. The van der Waals surface area contributed by atoms with E-state index in [0.29, 0.717) is 17.8 Å². The minimum Gasteiger partial charge on any atom is -0.481 e. The number of benzene rings is 1.